The summed E-state index contributed by atoms with van der Waals surface area (Å²) in [5.74, 6) is -3.21. The van der Waals surface area contributed by atoms with E-state index in [4.69, 9.17) is 0 Å². The van der Waals surface area contributed by atoms with Crippen LogP contribution in [-0.2, 0) is 5.92 Å². The Bertz CT molecular complexity index is 276. The van der Waals surface area contributed by atoms with Gasteiger partial charge in [0.2, 0.25) is 0 Å². The Morgan fingerprint density at radius 1 is 0.882 bits per heavy atom. The standard InChI is InChI=1S/C10H12F2O.2C2H6/c1-9(2,13)10(11,12)8-6-4-3-5-7-8;2*1-2/h3-7,13H,1-2H3;2*1-2H3. The normalized spacial score (nSPS) is 10.6. The van der Waals surface area contributed by atoms with Crippen molar-refractivity contribution in [3.8, 4) is 0 Å². The van der Waals surface area contributed by atoms with Gasteiger partial charge in [0.1, 0.15) is 5.60 Å². The number of hydrogen-bond acceptors (Lipinski definition) is 1. The van der Waals surface area contributed by atoms with Crippen LogP contribution in [0.2, 0.25) is 0 Å². The van der Waals surface area contributed by atoms with Crippen molar-refractivity contribution in [3.05, 3.63) is 35.9 Å². The summed E-state index contributed by atoms with van der Waals surface area (Å²) in [4.78, 5) is 0. The van der Waals surface area contributed by atoms with E-state index in [9.17, 15) is 13.9 Å². The molecule has 0 amide bonds. The fraction of sp³-hybridized carbons (Fsp3) is 0.571. The van der Waals surface area contributed by atoms with Gasteiger partial charge >= 0.3 is 5.92 Å². The highest BCUT2D eigenvalue weighted by Gasteiger charge is 2.46. The lowest BCUT2D eigenvalue weighted by Crippen LogP contribution is -2.40. The molecule has 0 saturated carbocycles. The molecule has 0 spiro atoms. The second-order valence-electron chi connectivity index (χ2n) is 3.50. The molecule has 0 radical (unpaired) electrons. The maximum Gasteiger partial charge on any atom is 0.300 e. The quantitative estimate of drug-likeness (QED) is 0.808. The number of hydrogen-bond donors (Lipinski definition) is 1. The predicted molar refractivity (Wildman–Crippen MR) is 69.3 cm³/mol. The zero-order valence-corrected chi connectivity index (χ0v) is 11.6. The van der Waals surface area contributed by atoms with Crippen molar-refractivity contribution in [3.63, 3.8) is 0 Å². The highest BCUT2D eigenvalue weighted by atomic mass is 19.3. The van der Waals surface area contributed by atoms with E-state index in [-0.39, 0.29) is 5.56 Å². The van der Waals surface area contributed by atoms with Crippen LogP contribution in [0.5, 0.6) is 0 Å². The monoisotopic (exact) mass is 246 g/mol. The molecule has 3 heteroatoms. The first-order valence-corrected chi connectivity index (χ1v) is 6.01. The molecule has 0 unspecified atom stereocenters. The molecule has 0 aliphatic heterocycles. The molecular formula is C14H24F2O. The average molecular weight is 246 g/mol. The van der Waals surface area contributed by atoms with E-state index in [1.54, 1.807) is 6.07 Å². The molecule has 0 heterocycles. The van der Waals surface area contributed by atoms with Crippen molar-refractivity contribution < 1.29 is 13.9 Å². The fourth-order valence-corrected chi connectivity index (χ4v) is 1.00. The number of alkyl halides is 2. The van der Waals surface area contributed by atoms with Crippen LogP contribution in [0.3, 0.4) is 0 Å². The molecule has 17 heavy (non-hydrogen) atoms. The van der Waals surface area contributed by atoms with Gasteiger partial charge in [-0.15, -0.1) is 0 Å². The lowest BCUT2D eigenvalue weighted by Gasteiger charge is -2.29. The molecule has 0 aliphatic rings. The van der Waals surface area contributed by atoms with E-state index in [2.05, 4.69) is 0 Å². The average Bonchev–Trinajstić information content (AvgIpc) is 2.34. The molecule has 1 aromatic carbocycles. The third-order valence-electron chi connectivity index (χ3n) is 1.90. The van der Waals surface area contributed by atoms with Crippen LogP contribution in [0.15, 0.2) is 30.3 Å². The number of aliphatic hydroxyl groups is 1. The Morgan fingerprint density at radius 2 is 1.24 bits per heavy atom. The minimum Gasteiger partial charge on any atom is -0.384 e. The van der Waals surface area contributed by atoms with E-state index in [0.717, 1.165) is 13.8 Å². The van der Waals surface area contributed by atoms with Crippen LogP contribution >= 0.6 is 0 Å². The van der Waals surface area contributed by atoms with Crippen LogP contribution in [0.4, 0.5) is 8.78 Å². The van der Waals surface area contributed by atoms with E-state index in [1.165, 1.54) is 24.3 Å². The summed E-state index contributed by atoms with van der Waals surface area (Å²) >= 11 is 0. The Hall–Kier alpha value is -0.960. The third-order valence-corrected chi connectivity index (χ3v) is 1.90. The van der Waals surface area contributed by atoms with Crippen molar-refractivity contribution in [2.45, 2.75) is 53.1 Å². The highest BCUT2D eigenvalue weighted by Crippen LogP contribution is 2.38. The van der Waals surface area contributed by atoms with Gasteiger partial charge in [-0.25, -0.2) is 0 Å². The van der Waals surface area contributed by atoms with E-state index >= 15 is 0 Å². The molecule has 1 N–H and O–H groups in total. The lowest BCUT2D eigenvalue weighted by atomic mass is 9.94. The molecule has 0 fully saturated rings. The SMILES string of the molecule is CC.CC.CC(C)(O)C(F)(F)c1ccccc1. The molecule has 0 aromatic heterocycles. The zero-order chi connectivity index (χ0) is 14.1. The summed E-state index contributed by atoms with van der Waals surface area (Å²) in [6, 6.07) is 7.31. The van der Waals surface area contributed by atoms with Crippen molar-refractivity contribution in [1.29, 1.82) is 0 Å². The van der Waals surface area contributed by atoms with Crippen molar-refractivity contribution in [2.75, 3.05) is 0 Å². The van der Waals surface area contributed by atoms with Crippen molar-refractivity contribution in [1.82, 2.24) is 0 Å². The summed E-state index contributed by atoms with van der Waals surface area (Å²) in [7, 11) is 0. The second-order valence-corrected chi connectivity index (χ2v) is 3.50. The van der Waals surface area contributed by atoms with Gasteiger partial charge in [-0.3, -0.25) is 0 Å². The van der Waals surface area contributed by atoms with Gasteiger partial charge < -0.3 is 5.11 Å². The molecule has 0 saturated heterocycles. The summed E-state index contributed by atoms with van der Waals surface area (Å²) in [6.07, 6.45) is 0. The summed E-state index contributed by atoms with van der Waals surface area (Å²) in [6.45, 7) is 10.2. The van der Waals surface area contributed by atoms with E-state index in [0.29, 0.717) is 0 Å². The number of halogens is 2. The Morgan fingerprint density at radius 3 is 1.53 bits per heavy atom. The molecule has 0 atom stereocenters. The summed E-state index contributed by atoms with van der Waals surface area (Å²) in [5, 5.41) is 9.25. The van der Waals surface area contributed by atoms with Gasteiger partial charge in [-0.05, 0) is 13.8 Å². The first-order chi connectivity index (χ1) is 7.86. The lowest BCUT2D eigenvalue weighted by molar-refractivity contribution is -0.168. The third kappa shape index (κ3) is 5.26. The minimum atomic E-state index is -3.21. The Kier molecular flexibility index (Phi) is 8.85. The Balaban J connectivity index is 0. The van der Waals surface area contributed by atoms with Crippen LogP contribution < -0.4 is 0 Å². The van der Waals surface area contributed by atoms with Crippen LogP contribution in [0.25, 0.3) is 0 Å². The smallest absolute Gasteiger partial charge is 0.300 e. The highest BCUT2D eigenvalue weighted by molar-refractivity contribution is 5.22. The van der Waals surface area contributed by atoms with Crippen LogP contribution in [-0.4, -0.2) is 10.7 Å². The maximum absolute atomic E-state index is 13.4. The van der Waals surface area contributed by atoms with Gasteiger partial charge in [0.25, 0.3) is 0 Å². The van der Waals surface area contributed by atoms with Crippen LogP contribution in [0.1, 0.15) is 47.1 Å². The van der Waals surface area contributed by atoms with E-state index in [1.807, 2.05) is 27.7 Å². The largest absolute Gasteiger partial charge is 0.384 e. The molecular weight excluding hydrogens is 222 g/mol. The van der Waals surface area contributed by atoms with Crippen molar-refractivity contribution >= 4 is 0 Å². The van der Waals surface area contributed by atoms with E-state index < -0.39 is 11.5 Å². The number of rotatable bonds is 2. The van der Waals surface area contributed by atoms with Gasteiger partial charge in [0.05, 0.1) is 0 Å². The van der Waals surface area contributed by atoms with Crippen molar-refractivity contribution in [2.24, 2.45) is 0 Å². The Labute approximate surface area is 103 Å². The first-order valence-electron chi connectivity index (χ1n) is 6.01. The molecule has 1 aromatic rings. The molecule has 0 aliphatic carbocycles. The first kappa shape index (κ1) is 18.4. The fourth-order valence-electron chi connectivity index (χ4n) is 1.00. The van der Waals surface area contributed by atoms with Crippen LogP contribution in [0, 0.1) is 0 Å². The molecule has 100 valence electrons. The summed E-state index contributed by atoms with van der Waals surface area (Å²) < 4.78 is 26.8. The maximum atomic E-state index is 13.4. The summed E-state index contributed by atoms with van der Waals surface area (Å²) in [5.41, 5.74) is -2.20. The van der Waals surface area contributed by atoms with Gasteiger partial charge in [0, 0.05) is 5.56 Å². The topological polar surface area (TPSA) is 20.2 Å². The second kappa shape index (κ2) is 8.18. The van der Waals surface area contributed by atoms with Gasteiger partial charge in [-0.2, -0.15) is 8.78 Å². The predicted octanol–water partition coefficient (Wildman–Crippen LogP) is 4.60. The molecule has 0 bridgehead atoms. The zero-order valence-electron chi connectivity index (χ0n) is 11.6. The minimum absolute atomic E-state index is 0.164. The number of benzene rings is 1. The van der Waals surface area contributed by atoms with Gasteiger partial charge in [0.15, 0.2) is 0 Å². The molecule has 1 rings (SSSR count). The molecule has 1 nitrogen and oxygen atoms in total. The van der Waals surface area contributed by atoms with Gasteiger partial charge in [-0.1, -0.05) is 58.0 Å².